The molecule has 0 saturated carbocycles. The molecule has 0 aliphatic carbocycles. The van der Waals surface area contributed by atoms with Crippen molar-refractivity contribution in [3.63, 3.8) is 0 Å². The Morgan fingerprint density at radius 2 is 1.97 bits per heavy atom. The number of aliphatic imine (C=N–C) groups is 1. The molecule has 0 spiro atoms. The minimum Gasteiger partial charge on any atom is -0.357 e. The van der Waals surface area contributed by atoms with Gasteiger partial charge in [-0.05, 0) is 49.7 Å². The maximum absolute atomic E-state index is 5.92. The van der Waals surface area contributed by atoms with Crippen molar-refractivity contribution in [2.45, 2.75) is 25.3 Å². The number of nitrogens with one attached hydrogen (secondary N) is 2. The number of aromatic nitrogens is 3. The lowest BCUT2D eigenvalue weighted by atomic mass is 10.3. The number of nitrogens with zero attached hydrogens (tertiary/aromatic N) is 4. The van der Waals surface area contributed by atoms with Gasteiger partial charge in [-0.15, -0.1) is 11.8 Å². The van der Waals surface area contributed by atoms with Crippen LogP contribution in [0, 0.1) is 6.92 Å². The Bertz CT molecular complexity index is 921. The molecule has 0 radical (unpaired) electrons. The van der Waals surface area contributed by atoms with Crippen molar-refractivity contribution < 1.29 is 0 Å². The van der Waals surface area contributed by atoms with Crippen LogP contribution in [0.3, 0.4) is 0 Å². The van der Waals surface area contributed by atoms with Crippen LogP contribution < -0.4 is 10.6 Å². The van der Waals surface area contributed by atoms with Gasteiger partial charge in [0.15, 0.2) is 5.96 Å². The van der Waals surface area contributed by atoms with Crippen molar-refractivity contribution in [2.75, 3.05) is 18.8 Å². The van der Waals surface area contributed by atoms with Gasteiger partial charge in [-0.2, -0.15) is 0 Å². The third-order valence-electron chi connectivity index (χ3n) is 4.12. The number of rotatable bonds is 8. The van der Waals surface area contributed by atoms with E-state index in [1.165, 1.54) is 4.90 Å². The zero-order valence-corrected chi connectivity index (χ0v) is 18.2. The second-order valence-corrected chi connectivity index (χ2v) is 7.90. The smallest absolute Gasteiger partial charge is 0.191 e. The molecule has 0 fully saturated rings. The van der Waals surface area contributed by atoms with Gasteiger partial charge in [-0.1, -0.05) is 17.7 Å². The van der Waals surface area contributed by atoms with E-state index >= 15 is 0 Å². The second kappa shape index (κ2) is 10.9. The highest BCUT2D eigenvalue weighted by Gasteiger charge is 2.03. The predicted molar refractivity (Wildman–Crippen MR) is 121 cm³/mol. The molecule has 8 heteroatoms. The Labute approximate surface area is 180 Å². The van der Waals surface area contributed by atoms with E-state index in [1.807, 2.05) is 60.3 Å². The standard InChI is InChI=1S/C21H25ClN6S/c1-3-23-21(25-11-13-29-19-7-5-18(22)6-8-19)27-15-17-4-9-20(26-14-17)28-12-10-24-16(28)2/h4-10,12,14H,3,11,13,15H2,1-2H3,(H2,23,25,27). The zero-order chi connectivity index (χ0) is 20.5. The molecule has 152 valence electrons. The maximum atomic E-state index is 5.92. The van der Waals surface area contributed by atoms with Crippen LogP contribution in [0.15, 0.2) is 64.9 Å². The molecule has 0 bridgehead atoms. The monoisotopic (exact) mass is 428 g/mol. The van der Waals surface area contributed by atoms with Gasteiger partial charge in [0.25, 0.3) is 0 Å². The average molecular weight is 429 g/mol. The fraction of sp³-hybridized carbons (Fsp3) is 0.286. The van der Waals surface area contributed by atoms with E-state index in [9.17, 15) is 0 Å². The molecule has 0 saturated heterocycles. The SMILES string of the molecule is CCNC(=NCc1ccc(-n2ccnc2C)nc1)NCCSc1ccc(Cl)cc1. The van der Waals surface area contributed by atoms with Gasteiger partial charge in [-0.25, -0.2) is 15.0 Å². The molecule has 2 heterocycles. The van der Waals surface area contributed by atoms with Gasteiger partial charge in [0.2, 0.25) is 0 Å². The predicted octanol–water partition coefficient (Wildman–Crippen LogP) is 4.08. The molecule has 0 atom stereocenters. The Balaban J connectivity index is 1.50. The first-order valence-electron chi connectivity index (χ1n) is 9.51. The summed E-state index contributed by atoms with van der Waals surface area (Å²) in [6.07, 6.45) is 5.54. The third kappa shape index (κ3) is 6.51. The molecule has 2 aromatic heterocycles. The molecule has 3 rings (SSSR count). The maximum Gasteiger partial charge on any atom is 0.191 e. The summed E-state index contributed by atoms with van der Waals surface area (Å²) in [6, 6.07) is 11.9. The van der Waals surface area contributed by atoms with Crippen LogP contribution in [0.2, 0.25) is 5.02 Å². The minimum absolute atomic E-state index is 0.565. The van der Waals surface area contributed by atoms with Gasteiger partial charge in [0.05, 0.1) is 6.54 Å². The van der Waals surface area contributed by atoms with Crippen LogP contribution in [-0.2, 0) is 6.54 Å². The number of imidazole rings is 1. The van der Waals surface area contributed by atoms with Gasteiger partial charge in [0, 0.05) is 47.4 Å². The van der Waals surface area contributed by atoms with E-state index in [1.54, 1.807) is 18.0 Å². The van der Waals surface area contributed by atoms with E-state index in [-0.39, 0.29) is 0 Å². The second-order valence-electron chi connectivity index (χ2n) is 6.29. The number of halogens is 1. The summed E-state index contributed by atoms with van der Waals surface area (Å²) in [7, 11) is 0. The summed E-state index contributed by atoms with van der Waals surface area (Å²) < 4.78 is 1.96. The zero-order valence-electron chi connectivity index (χ0n) is 16.6. The van der Waals surface area contributed by atoms with Gasteiger partial charge >= 0.3 is 0 Å². The van der Waals surface area contributed by atoms with Gasteiger partial charge in [-0.3, -0.25) is 4.57 Å². The molecular formula is C21H25ClN6S. The topological polar surface area (TPSA) is 67.1 Å². The summed E-state index contributed by atoms with van der Waals surface area (Å²) in [5.41, 5.74) is 1.05. The molecule has 6 nitrogen and oxygen atoms in total. The quantitative estimate of drug-likeness (QED) is 0.245. The summed E-state index contributed by atoms with van der Waals surface area (Å²) in [6.45, 7) is 6.21. The Morgan fingerprint density at radius 3 is 2.62 bits per heavy atom. The van der Waals surface area contributed by atoms with E-state index < -0.39 is 0 Å². The molecule has 0 aliphatic heterocycles. The van der Waals surface area contributed by atoms with Crippen molar-refractivity contribution in [1.29, 1.82) is 0 Å². The van der Waals surface area contributed by atoms with Crippen LogP contribution in [0.5, 0.6) is 0 Å². The van der Waals surface area contributed by atoms with Gasteiger partial charge < -0.3 is 10.6 Å². The van der Waals surface area contributed by atoms with Crippen molar-refractivity contribution in [1.82, 2.24) is 25.2 Å². The number of benzene rings is 1. The molecular weight excluding hydrogens is 404 g/mol. The summed E-state index contributed by atoms with van der Waals surface area (Å²) in [4.78, 5) is 14.6. The Hall–Kier alpha value is -2.51. The molecule has 0 amide bonds. The summed E-state index contributed by atoms with van der Waals surface area (Å²) in [5.74, 6) is 3.51. The first-order chi connectivity index (χ1) is 14.2. The highest BCUT2D eigenvalue weighted by Crippen LogP contribution is 2.19. The number of pyridine rings is 1. The highest BCUT2D eigenvalue weighted by molar-refractivity contribution is 7.99. The molecule has 0 aliphatic rings. The first-order valence-corrected chi connectivity index (χ1v) is 10.9. The molecule has 1 aromatic carbocycles. The van der Waals surface area contributed by atoms with Crippen LogP contribution in [0.1, 0.15) is 18.3 Å². The largest absolute Gasteiger partial charge is 0.357 e. The van der Waals surface area contributed by atoms with E-state index in [2.05, 4.69) is 32.5 Å². The fourth-order valence-electron chi connectivity index (χ4n) is 2.65. The number of hydrogen-bond acceptors (Lipinski definition) is 4. The normalized spacial score (nSPS) is 11.5. The van der Waals surface area contributed by atoms with Crippen molar-refractivity contribution >= 4 is 29.3 Å². The molecule has 2 N–H and O–H groups in total. The van der Waals surface area contributed by atoms with Crippen molar-refractivity contribution in [3.05, 3.63) is 71.4 Å². The van der Waals surface area contributed by atoms with Crippen LogP contribution in [-0.4, -0.2) is 39.3 Å². The minimum atomic E-state index is 0.565. The molecule has 0 unspecified atom stereocenters. The Morgan fingerprint density at radius 1 is 1.14 bits per heavy atom. The highest BCUT2D eigenvalue weighted by atomic mass is 35.5. The molecule has 3 aromatic rings. The lowest BCUT2D eigenvalue weighted by molar-refractivity contribution is 0.841. The summed E-state index contributed by atoms with van der Waals surface area (Å²) >= 11 is 7.71. The molecule has 29 heavy (non-hydrogen) atoms. The number of aryl methyl sites for hydroxylation is 1. The summed E-state index contributed by atoms with van der Waals surface area (Å²) in [5, 5.41) is 7.41. The van der Waals surface area contributed by atoms with E-state index in [0.29, 0.717) is 6.54 Å². The number of guanidine groups is 1. The Kier molecular flexibility index (Phi) is 7.95. The number of hydrogen-bond donors (Lipinski definition) is 2. The fourth-order valence-corrected chi connectivity index (χ4v) is 3.55. The third-order valence-corrected chi connectivity index (χ3v) is 5.39. The van der Waals surface area contributed by atoms with Crippen molar-refractivity contribution in [3.8, 4) is 5.82 Å². The average Bonchev–Trinajstić information content (AvgIpc) is 3.17. The number of thioether (sulfide) groups is 1. The lowest BCUT2D eigenvalue weighted by Crippen LogP contribution is -2.38. The first kappa shape index (κ1) is 21.2. The lowest BCUT2D eigenvalue weighted by Gasteiger charge is -2.11. The van der Waals surface area contributed by atoms with Crippen LogP contribution in [0.4, 0.5) is 0 Å². The van der Waals surface area contributed by atoms with Crippen LogP contribution in [0.25, 0.3) is 5.82 Å². The van der Waals surface area contributed by atoms with E-state index in [4.69, 9.17) is 11.6 Å². The van der Waals surface area contributed by atoms with Crippen molar-refractivity contribution in [2.24, 2.45) is 4.99 Å². The van der Waals surface area contributed by atoms with E-state index in [0.717, 1.165) is 47.0 Å². The van der Waals surface area contributed by atoms with Gasteiger partial charge in [0.1, 0.15) is 11.6 Å². The van der Waals surface area contributed by atoms with Crippen LogP contribution >= 0.6 is 23.4 Å².